The van der Waals surface area contributed by atoms with Crippen molar-refractivity contribution < 1.29 is 0 Å². The Balaban J connectivity index is 2.14. The fourth-order valence-electron chi connectivity index (χ4n) is 1.94. The molecule has 0 aliphatic heterocycles. The average Bonchev–Trinajstić information content (AvgIpc) is 2.81. The second kappa shape index (κ2) is 4.55. The minimum Gasteiger partial charge on any atom is -0.324 e. The van der Waals surface area contributed by atoms with Crippen LogP contribution in [0.1, 0.15) is 5.69 Å². The molecular weight excluding hydrogens is 308 g/mol. The average molecular weight is 319 g/mol. The highest BCUT2D eigenvalue weighted by atomic mass is 79.9. The normalized spacial score (nSPS) is 10.8. The standard InChI is InChI=1S/C13H11BrN4O/c1-7-6-10(18-17-7)15-12-11(14)8-4-2-3-5-9(8)13(19)16-12/h2-6H,1H3,(H3,15,16,17,18,19). The minimum atomic E-state index is -0.131. The first-order valence-electron chi connectivity index (χ1n) is 5.75. The summed E-state index contributed by atoms with van der Waals surface area (Å²) in [5.74, 6) is 1.25. The van der Waals surface area contributed by atoms with E-state index in [9.17, 15) is 4.79 Å². The van der Waals surface area contributed by atoms with Gasteiger partial charge in [-0.05, 0) is 28.9 Å². The Kier molecular flexibility index (Phi) is 2.87. The summed E-state index contributed by atoms with van der Waals surface area (Å²) in [6.07, 6.45) is 0. The molecule has 0 saturated heterocycles. The van der Waals surface area contributed by atoms with Crippen LogP contribution < -0.4 is 10.9 Å². The van der Waals surface area contributed by atoms with Gasteiger partial charge in [0.05, 0.1) is 4.47 Å². The van der Waals surface area contributed by atoms with Crippen molar-refractivity contribution in [3.05, 3.63) is 50.9 Å². The Bertz CT molecular complexity index is 806. The fraction of sp³-hybridized carbons (Fsp3) is 0.0769. The SMILES string of the molecule is Cc1cc(Nc2[nH]c(=O)c3ccccc3c2Br)n[nH]1. The summed E-state index contributed by atoms with van der Waals surface area (Å²) in [4.78, 5) is 14.8. The van der Waals surface area contributed by atoms with Crippen LogP contribution >= 0.6 is 15.9 Å². The molecule has 0 unspecified atom stereocenters. The van der Waals surface area contributed by atoms with Crippen molar-refractivity contribution in [3.8, 4) is 0 Å². The Morgan fingerprint density at radius 1 is 1.26 bits per heavy atom. The van der Waals surface area contributed by atoms with E-state index in [1.807, 2.05) is 31.2 Å². The van der Waals surface area contributed by atoms with Crippen LogP contribution in [0.5, 0.6) is 0 Å². The van der Waals surface area contributed by atoms with Crippen molar-refractivity contribution in [1.29, 1.82) is 0 Å². The van der Waals surface area contributed by atoms with Crippen LogP contribution in [-0.2, 0) is 0 Å². The molecule has 3 aromatic rings. The highest BCUT2D eigenvalue weighted by Gasteiger charge is 2.09. The third-order valence-corrected chi connectivity index (χ3v) is 3.65. The van der Waals surface area contributed by atoms with Gasteiger partial charge in [0, 0.05) is 22.5 Å². The first-order valence-corrected chi connectivity index (χ1v) is 6.54. The van der Waals surface area contributed by atoms with E-state index >= 15 is 0 Å². The van der Waals surface area contributed by atoms with Gasteiger partial charge in [0.25, 0.3) is 5.56 Å². The molecule has 2 aromatic heterocycles. The number of aromatic nitrogens is 3. The Morgan fingerprint density at radius 2 is 2.00 bits per heavy atom. The highest BCUT2D eigenvalue weighted by molar-refractivity contribution is 9.10. The Labute approximate surface area is 117 Å². The maximum absolute atomic E-state index is 12.0. The minimum absolute atomic E-state index is 0.131. The number of halogens is 1. The number of nitrogens with one attached hydrogen (secondary N) is 3. The van der Waals surface area contributed by atoms with Gasteiger partial charge in [-0.1, -0.05) is 18.2 Å². The van der Waals surface area contributed by atoms with Gasteiger partial charge in [0.1, 0.15) is 5.82 Å². The van der Waals surface area contributed by atoms with Gasteiger partial charge in [-0.25, -0.2) is 0 Å². The van der Waals surface area contributed by atoms with E-state index in [-0.39, 0.29) is 5.56 Å². The second-order valence-electron chi connectivity index (χ2n) is 4.25. The molecule has 0 radical (unpaired) electrons. The molecule has 0 saturated carbocycles. The lowest BCUT2D eigenvalue weighted by atomic mass is 10.2. The summed E-state index contributed by atoms with van der Waals surface area (Å²) >= 11 is 3.51. The van der Waals surface area contributed by atoms with E-state index in [0.717, 1.165) is 15.6 Å². The number of pyridine rings is 1. The van der Waals surface area contributed by atoms with Crippen molar-refractivity contribution in [2.24, 2.45) is 0 Å². The Hall–Kier alpha value is -2.08. The van der Waals surface area contributed by atoms with Crippen LogP contribution in [0.15, 0.2) is 39.6 Å². The number of aryl methyl sites for hydroxylation is 1. The van der Waals surface area contributed by atoms with Gasteiger partial charge in [-0.3, -0.25) is 9.89 Å². The highest BCUT2D eigenvalue weighted by Crippen LogP contribution is 2.28. The zero-order valence-corrected chi connectivity index (χ0v) is 11.7. The first kappa shape index (κ1) is 12.0. The first-order chi connectivity index (χ1) is 9.15. The molecule has 0 aliphatic carbocycles. The maximum atomic E-state index is 12.0. The topological polar surface area (TPSA) is 73.6 Å². The predicted octanol–water partition coefficient (Wildman–Crippen LogP) is 3.07. The summed E-state index contributed by atoms with van der Waals surface area (Å²) in [6, 6.07) is 9.29. The van der Waals surface area contributed by atoms with Crippen LogP contribution in [0, 0.1) is 6.92 Å². The molecule has 6 heteroatoms. The molecule has 0 aliphatic rings. The number of H-pyrrole nitrogens is 2. The van der Waals surface area contributed by atoms with Gasteiger partial charge < -0.3 is 10.3 Å². The molecule has 5 nitrogen and oxygen atoms in total. The largest absolute Gasteiger partial charge is 0.324 e. The number of nitrogens with zero attached hydrogens (tertiary/aromatic N) is 1. The van der Waals surface area contributed by atoms with Crippen LogP contribution in [-0.4, -0.2) is 15.2 Å². The van der Waals surface area contributed by atoms with E-state index in [4.69, 9.17) is 0 Å². The van der Waals surface area contributed by atoms with Crippen LogP contribution in [0.25, 0.3) is 10.8 Å². The lowest BCUT2D eigenvalue weighted by Gasteiger charge is -2.08. The fourth-order valence-corrected chi connectivity index (χ4v) is 2.48. The predicted molar refractivity (Wildman–Crippen MR) is 78.9 cm³/mol. The van der Waals surface area contributed by atoms with Gasteiger partial charge in [0.2, 0.25) is 0 Å². The molecule has 1 aromatic carbocycles. The zero-order chi connectivity index (χ0) is 13.4. The number of anilines is 2. The number of hydrogen-bond donors (Lipinski definition) is 3. The van der Waals surface area contributed by atoms with Crippen LogP contribution in [0.2, 0.25) is 0 Å². The zero-order valence-electron chi connectivity index (χ0n) is 10.1. The van der Waals surface area contributed by atoms with Crippen molar-refractivity contribution in [3.63, 3.8) is 0 Å². The van der Waals surface area contributed by atoms with Crippen molar-refractivity contribution in [2.45, 2.75) is 6.92 Å². The molecule has 96 valence electrons. The second-order valence-corrected chi connectivity index (χ2v) is 5.04. The number of hydrogen-bond acceptors (Lipinski definition) is 3. The molecule has 0 spiro atoms. The molecular formula is C13H11BrN4O. The third-order valence-electron chi connectivity index (χ3n) is 2.83. The van der Waals surface area contributed by atoms with E-state index in [1.54, 1.807) is 6.07 Å². The van der Waals surface area contributed by atoms with Crippen LogP contribution in [0.4, 0.5) is 11.6 Å². The number of aromatic amines is 2. The van der Waals surface area contributed by atoms with Gasteiger partial charge in [0.15, 0.2) is 5.82 Å². The van der Waals surface area contributed by atoms with E-state index in [1.165, 1.54) is 0 Å². The lowest BCUT2D eigenvalue weighted by Crippen LogP contribution is -2.10. The van der Waals surface area contributed by atoms with Crippen LogP contribution in [0.3, 0.4) is 0 Å². The van der Waals surface area contributed by atoms with Crippen molar-refractivity contribution >= 4 is 38.3 Å². The lowest BCUT2D eigenvalue weighted by molar-refractivity contribution is 1.05. The molecule has 3 N–H and O–H groups in total. The van der Waals surface area contributed by atoms with Gasteiger partial charge in [-0.15, -0.1) is 0 Å². The molecule has 19 heavy (non-hydrogen) atoms. The molecule has 0 amide bonds. The van der Waals surface area contributed by atoms with Gasteiger partial charge in [-0.2, -0.15) is 5.10 Å². The summed E-state index contributed by atoms with van der Waals surface area (Å²) in [5, 5.41) is 11.5. The van der Waals surface area contributed by atoms with Crippen molar-refractivity contribution in [1.82, 2.24) is 15.2 Å². The summed E-state index contributed by atoms with van der Waals surface area (Å²) in [7, 11) is 0. The molecule has 3 rings (SSSR count). The molecule has 0 bridgehead atoms. The summed E-state index contributed by atoms with van der Waals surface area (Å²) in [6.45, 7) is 1.91. The quantitative estimate of drug-likeness (QED) is 0.680. The smallest absolute Gasteiger partial charge is 0.257 e. The van der Waals surface area contributed by atoms with E-state index < -0.39 is 0 Å². The van der Waals surface area contributed by atoms with Gasteiger partial charge >= 0.3 is 0 Å². The van der Waals surface area contributed by atoms with E-state index in [0.29, 0.717) is 17.0 Å². The van der Waals surface area contributed by atoms with Crippen molar-refractivity contribution in [2.75, 3.05) is 5.32 Å². The Morgan fingerprint density at radius 3 is 2.68 bits per heavy atom. The van der Waals surface area contributed by atoms with E-state index in [2.05, 4.69) is 36.4 Å². The monoisotopic (exact) mass is 318 g/mol. The number of rotatable bonds is 2. The summed E-state index contributed by atoms with van der Waals surface area (Å²) < 4.78 is 0.809. The summed E-state index contributed by atoms with van der Waals surface area (Å²) in [5.41, 5.74) is 0.815. The molecule has 0 atom stereocenters. The molecule has 0 fully saturated rings. The maximum Gasteiger partial charge on any atom is 0.257 e. The third kappa shape index (κ3) is 2.15. The number of benzene rings is 1. The number of fused-ring (bicyclic) bond motifs is 1. The molecule has 2 heterocycles.